The van der Waals surface area contributed by atoms with Gasteiger partial charge in [-0.3, -0.25) is 0 Å². The molecular weight excluding hydrogens is 252 g/mol. The van der Waals surface area contributed by atoms with E-state index < -0.39 is 0 Å². The third kappa shape index (κ3) is 2.52. The van der Waals surface area contributed by atoms with Gasteiger partial charge in [0.2, 0.25) is 0 Å². The van der Waals surface area contributed by atoms with Crippen molar-refractivity contribution >= 4 is 0 Å². The maximum atomic E-state index is 2.35. The molecule has 0 saturated carbocycles. The van der Waals surface area contributed by atoms with Crippen molar-refractivity contribution in [1.29, 1.82) is 0 Å². The molecule has 0 atom stereocenters. The second-order valence-electron chi connectivity index (χ2n) is 8.25. The summed E-state index contributed by atoms with van der Waals surface area (Å²) in [5.74, 6) is 0. The Labute approximate surface area is 129 Å². The number of hydrogen-bond acceptors (Lipinski definition) is 0. The van der Waals surface area contributed by atoms with Crippen molar-refractivity contribution < 1.29 is 0 Å². The van der Waals surface area contributed by atoms with Crippen molar-refractivity contribution in [2.24, 2.45) is 0 Å². The zero-order valence-electron chi connectivity index (χ0n) is 14.0. The summed E-state index contributed by atoms with van der Waals surface area (Å²) in [5.41, 5.74) is 8.69. The Balaban J connectivity index is 2.06. The van der Waals surface area contributed by atoms with Crippen LogP contribution in [0.15, 0.2) is 36.4 Å². The first-order valence-corrected chi connectivity index (χ1v) is 7.80. The summed E-state index contributed by atoms with van der Waals surface area (Å²) < 4.78 is 0. The molecule has 0 unspecified atom stereocenters. The molecule has 0 nitrogen and oxygen atoms in total. The van der Waals surface area contributed by atoms with Gasteiger partial charge in [0.05, 0.1) is 0 Å². The summed E-state index contributed by atoms with van der Waals surface area (Å²) in [5, 5.41) is 0. The minimum Gasteiger partial charge on any atom is -0.0579 e. The smallest absolute Gasteiger partial charge is 0.0212 e. The summed E-state index contributed by atoms with van der Waals surface area (Å²) in [7, 11) is 0. The van der Waals surface area contributed by atoms with Crippen LogP contribution >= 0.6 is 0 Å². The van der Waals surface area contributed by atoms with Crippen molar-refractivity contribution in [3.8, 4) is 11.1 Å². The van der Waals surface area contributed by atoms with E-state index in [4.69, 9.17) is 0 Å². The predicted molar refractivity (Wildman–Crippen MR) is 91.8 cm³/mol. The lowest BCUT2D eigenvalue weighted by Gasteiger charge is -2.20. The normalized spacial score (nSPS) is 14.0. The van der Waals surface area contributed by atoms with Gasteiger partial charge in [-0.15, -0.1) is 0 Å². The summed E-state index contributed by atoms with van der Waals surface area (Å²) in [6.07, 6.45) is 2.34. The van der Waals surface area contributed by atoms with Crippen LogP contribution in [0.25, 0.3) is 11.1 Å². The molecule has 0 bridgehead atoms. The molecule has 21 heavy (non-hydrogen) atoms. The van der Waals surface area contributed by atoms with Crippen molar-refractivity contribution in [2.45, 2.75) is 52.4 Å². The van der Waals surface area contributed by atoms with Crippen LogP contribution < -0.4 is 0 Å². The Morgan fingerprint density at radius 1 is 0.571 bits per heavy atom. The van der Waals surface area contributed by atoms with Crippen LogP contribution in [-0.4, -0.2) is 0 Å². The molecule has 0 aromatic heterocycles. The first-order valence-electron chi connectivity index (χ1n) is 7.80. The molecule has 1 aliphatic carbocycles. The minimum atomic E-state index is 0.203. The average Bonchev–Trinajstić information content (AvgIpc) is 2.73. The molecule has 3 rings (SSSR count). The van der Waals surface area contributed by atoms with Gasteiger partial charge >= 0.3 is 0 Å². The second-order valence-corrected chi connectivity index (χ2v) is 8.25. The van der Waals surface area contributed by atoms with E-state index in [1.807, 2.05) is 0 Å². The molecule has 0 spiro atoms. The molecule has 0 heteroatoms. The highest BCUT2D eigenvalue weighted by molar-refractivity contribution is 5.81. The van der Waals surface area contributed by atoms with Gasteiger partial charge < -0.3 is 0 Å². The highest BCUT2D eigenvalue weighted by Gasteiger charge is 2.24. The summed E-state index contributed by atoms with van der Waals surface area (Å²) in [6.45, 7) is 13.6. The Morgan fingerprint density at radius 2 is 0.952 bits per heavy atom. The summed E-state index contributed by atoms with van der Waals surface area (Å²) >= 11 is 0. The Bertz CT molecular complexity index is 629. The van der Waals surface area contributed by atoms with Gasteiger partial charge in [-0.05, 0) is 44.2 Å². The van der Waals surface area contributed by atoms with Crippen molar-refractivity contribution in [2.75, 3.05) is 0 Å². The molecule has 109 valence electrons. The van der Waals surface area contributed by atoms with Gasteiger partial charge in [0.25, 0.3) is 0 Å². The maximum Gasteiger partial charge on any atom is 0.0212 e. The molecule has 0 fully saturated rings. The van der Waals surface area contributed by atoms with E-state index in [-0.39, 0.29) is 10.8 Å². The number of benzene rings is 2. The Hall–Kier alpha value is -1.56. The maximum absolute atomic E-state index is 2.35. The topological polar surface area (TPSA) is 0 Å². The molecule has 2 aromatic carbocycles. The molecule has 0 amide bonds. The zero-order valence-corrected chi connectivity index (χ0v) is 14.0. The van der Waals surface area contributed by atoms with Gasteiger partial charge in [-0.25, -0.2) is 0 Å². The highest BCUT2D eigenvalue weighted by Crippen LogP contribution is 2.41. The van der Waals surface area contributed by atoms with Crippen LogP contribution in [0.5, 0.6) is 0 Å². The number of rotatable bonds is 0. The van der Waals surface area contributed by atoms with Crippen LogP contribution in [0.3, 0.4) is 0 Å². The van der Waals surface area contributed by atoms with Crippen molar-refractivity contribution in [1.82, 2.24) is 0 Å². The SMILES string of the molecule is CC(C)(C)c1ccc2c(c1)[CH]c1cc(C(C)(C)C)ccc1-2. The summed E-state index contributed by atoms with van der Waals surface area (Å²) in [4.78, 5) is 0. The van der Waals surface area contributed by atoms with E-state index in [0.29, 0.717) is 0 Å². The lowest BCUT2D eigenvalue weighted by atomic mass is 9.85. The third-order valence-electron chi connectivity index (χ3n) is 4.44. The summed E-state index contributed by atoms with van der Waals surface area (Å²) in [6, 6.07) is 13.8. The van der Waals surface area contributed by atoms with Gasteiger partial charge in [0.15, 0.2) is 0 Å². The van der Waals surface area contributed by atoms with E-state index in [1.54, 1.807) is 0 Å². The van der Waals surface area contributed by atoms with Crippen LogP contribution in [0, 0.1) is 6.42 Å². The lowest BCUT2D eigenvalue weighted by molar-refractivity contribution is 0.590. The monoisotopic (exact) mass is 277 g/mol. The first kappa shape index (κ1) is 14.4. The van der Waals surface area contributed by atoms with E-state index in [0.717, 1.165) is 0 Å². The van der Waals surface area contributed by atoms with Crippen LogP contribution in [0.2, 0.25) is 0 Å². The van der Waals surface area contributed by atoms with Gasteiger partial charge in [-0.2, -0.15) is 0 Å². The zero-order chi connectivity index (χ0) is 15.4. The number of hydrogen-bond donors (Lipinski definition) is 0. The quantitative estimate of drug-likeness (QED) is 0.482. The second kappa shape index (κ2) is 4.47. The van der Waals surface area contributed by atoms with E-state index >= 15 is 0 Å². The van der Waals surface area contributed by atoms with Gasteiger partial charge in [0, 0.05) is 6.42 Å². The predicted octanol–water partition coefficient (Wildman–Crippen LogP) is 5.86. The molecule has 0 N–H and O–H groups in total. The van der Waals surface area contributed by atoms with Crippen LogP contribution in [0.1, 0.15) is 63.8 Å². The van der Waals surface area contributed by atoms with Gasteiger partial charge in [0.1, 0.15) is 0 Å². The van der Waals surface area contributed by atoms with E-state index in [1.165, 1.54) is 33.4 Å². The standard InChI is InChI=1S/C21H25/c1-20(2,3)16-7-9-18-14(12-16)11-15-13-17(21(4,5)6)8-10-19(15)18/h7-13H,1-6H3. The van der Waals surface area contributed by atoms with Gasteiger partial charge in [-0.1, -0.05) is 77.9 Å². The Morgan fingerprint density at radius 3 is 1.29 bits per heavy atom. The first-order chi connectivity index (χ1) is 9.66. The van der Waals surface area contributed by atoms with E-state index in [2.05, 4.69) is 84.4 Å². The molecule has 1 radical (unpaired) electrons. The van der Waals surface area contributed by atoms with E-state index in [9.17, 15) is 0 Å². The molecule has 0 aliphatic heterocycles. The highest BCUT2D eigenvalue weighted by atomic mass is 14.3. The van der Waals surface area contributed by atoms with Crippen molar-refractivity contribution in [3.05, 3.63) is 65.1 Å². The molecule has 2 aromatic rings. The fourth-order valence-corrected chi connectivity index (χ4v) is 2.96. The third-order valence-corrected chi connectivity index (χ3v) is 4.44. The molecule has 1 aliphatic rings. The molecule has 0 saturated heterocycles. The minimum absolute atomic E-state index is 0.203. The fourth-order valence-electron chi connectivity index (χ4n) is 2.96. The average molecular weight is 277 g/mol. The Kier molecular flexibility index (Phi) is 3.06. The number of fused-ring (bicyclic) bond motifs is 3. The lowest BCUT2D eigenvalue weighted by Crippen LogP contribution is -2.11. The van der Waals surface area contributed by atoms with Crippen molar-refractivity contribution in [3.63, 3.8) is 0 Å². The fraction of sp³-hybridized carbons (Fsp3) is 0.381. The van der Waals surface area contributed by atoms with Crippen LogP contribution in [-0.2, 0) is 10.8 Å². The molecule has 0 heterocycles. The largest absolute Gasteiger partial charge is 0.0579 e. The molecular formula is C21H25. The van der Waals surface area contributed by atoms with Crippen LogP contribution in [0.4, 0.5) is 0 Å².